The maximum atomic E-state index is 3.62. The number of nitrogens with one attached hydrogen (secondary N) is 1. The number of hydrogen-bond acceptors (Lipinski definition) is 1. The van der Waals surface area contributed by atoms with Crippen LogP contribution in [0.4, 0.5) is 0 Å². The molecule has 0 saturated heterocycles. The molecule has 0 heterocycles. The summed E-state index contributed by atoms with van der Waals surface area (Å²) >= 11 is 0. The van der Waals surface area contributed by atoms with Crippen LogP contribution in [0.15, 0.2) is 36.4 Å². The molecule has 0 bridgehead atoms. The number of rotatable bonds is 5. The van der Waals surface area contributed by atoms with Gasteiger partial charge in [-0.1, -0.05) is 36.4 Å². The second-order valence-electron chi connectivity index (χ2n) is 5.03. The molecular weight excluding hydrogens is 206 g/mol. The van der Waals surface area contributed by atoms with Crippen molar-refractivity contribution in [2.24, 2.45) is 0 Å². The lowest BCUT2D eigenvalue weighted by molar-refractivity contribution is 0.292. The fourth-order valence-electron chi connectivity index (χ4n) is 2.62. The maximum Gasteiger partial charge on any atom is 0.00788 e. The third kappa shape index (κ3) is 3.19. The molecule has 0 atom stereocenters. The van der Waals surface area contributed by atoms with E-state index >= 15 is 0 Å². The summed E-state index contributed by atoms with van der Waals surface area (Å²) in [6.07, 6.45) is 8.12. The first-order chi connectivity index (χ1) is 8.31. The van der Waals surface area contributed by atoms with Gasteiger partial charge in [-0.3, -0.25) is 0 Å². The Balaban J connectivity index is 1.74. The third-order valence-corrected chi connectivity index (χ3v) is 3.75. The molecule has 0 radical (unpaired) electrons. The van der Waals surface area contributed by atoms with Gasteiger partial charge in [0, 0.05) is 6.04 Å². The summed E-state index contributed by atoms with van der Waals surface area (Å²) in [5.41, 5.74) is 3.00. The molecule has 1 N–H and O–H groups in total. The molecular formula is C16H23N. The minimum absolute atomic E-state index is 0.741. The topological polar surface area (TPSA) is 12.0 Å². The van der Waals surface area contributed by atoms with Crippen LogP contribution in [0.3, 0.4) is 0 Å². The average Bonchev–Trinajstić information content (AvgIpc) is 2.28. The first kappa shape index (κ1) is 12.4. The number of allylic oxidation sites excluding steroid dienone is 1. The predicted molar refractivity (Wildman–Crippen MR) is 74.4 cm³/mol. The Bertz CT molecular complexity index is 375. The van der Waals surface area contributed by atoms with Crippen LogP contribution in [-0.2, 0) is 0 Å². The Labute approximate surface area is 105 Å². The van der Waals surface area contributed by atoms with Crippen LogP contribution in [0.1, 0.15) is 43.2 Å². The fourth-order valence-corrected chi connectivity index (χ4v) is 2.62. The van der Waals surface area contributed by atoms with Crippen molar-refractivity contribution in [3.8, 4) is 0 Å². The second kappa shape index (κ2) is 6.02. The summed E-state index contributed by atoms with van der Waals surface area (Å²) in [7, 11) is 0. The van der Waals surface area contributed by atoms with Crippen molar-refractivity contribution in [1.29, 1.82) is 0 Å². The summed E-state index contributed by atoms with van der Waals surface area (Å²) in [4.78, 5) is 0. The van der Waals surface area contributed by atoms with Crippen LogP contribution >= 0.6 is 0 Å². The van der Waals surface area contributed by atoms with E-state index in [1.165, 1.54) is 18.4 Å². The molecule has 2 rings (SSSR count). The van der Waals surface area contributed by atoms with Crippen molar-refractivity contribution in [1.82, 2.24) is 5.32 Å². The highest BCUT2D eigenvalue weighted by molar-refractivity contribution is 5.31. The van der Waals surface area contributed by atoms with Gasteiger partial charge >= 0.3 is 0 Å². The zero-order valence-electron chi connectivity index (χ0n) is 10.9. The molecule has 1 aliphatic carbocycles. The molecule has 1 aliphatic rings. The van der Waals surface area contributed by atoms with Crippen molar-refractivity contribution in [3.05, 3.63) is 47.5 Å². The lowest BCUT2D eigenvalue weighted by Gasteiger charge is -2.37. The Morgan fingerprint density at radius 3 is 2.76 bits per heavy atom. The lowest BCUT2D eigenvalue weighted by Crippen LogP contribution is -2.40. The summed E-state index contributed by atoms with van der Waals surface area (Å²) in [5, 5.41) is 3.62. The smallest absolute Gasteiger partial charge is 0.00788 e. The average molecular weight is 229 g/mol. The summed E-state index contributed by atoms with van der Waals surface area (Å²) in [6.45, 7) is 5.43. The van der Waals surface area contributed by atoms with Crippen LogP contribution in [0.2, 0.25) is 0 Å². The highest BCUT2D eigenvalue weighted by Gasteiger charge is 2.30. The van der Waals surface area contributed by atoms with Gasteiger partial charge in [0.2, 0.25) is 0 Å². The van der Waals surface area contributed by atoms with Crippen LogP contribution in [-0.4, -0.2) is 12.6 Å². The molecule has 1 nitrogen and oxygen atoms in total. The standard InChI is InChI=1S/C16H23N/c1-3-4-7-10-17-15-11-14(12-15)16-9-6-5-8-13(16)2/h3-6,8-9,14-15,17H,7,10-12H2,1-2H3/b4-3+. The fraction of sp³-hybridized carbons (Fsp3) is 0.500. The van der Waals surface area contributed by atoms with Crippen molar-refractivity contribution in [3.63, 3.8) is 0 Å². The van der Waals surface area contributed by atoms with Crippen molar-refractivity contribution in [2.75, 3.05) is 6.54 Å². The highest BCUT2D eigenvalue weighted by Crippen LogP contribution is 2.38. The minimum atomic E-state index is 0.741. The van der Waals surface area contributed by atoms with E-state index in [1.54, 1.807) is 5.56 Å². The van der Waals surface area contributed by atoms with Crippen molar-refractivity contribution >= 4 is 0 Å². The molecule has 0 aliphatic heterocycles. The number of aryl methyl sites for hydroxylation is 1. The van der Waals surface area contributed by atoms with E-state index in [2.05, 4.69) is 55.6 Å². The Kier molecular flexibility index (Phi) is 4.38. The maximum absolute atomic E-state index is 3.62. The van der Waals surface area contributed by atoms with E-state index in [0.717, 1.165) is 24.9 Å². The van der Waals surface area contributed by atoms with Crippen LogP contribution in [0, 0.1) is 6.92 Å². The molecule has 1 aromatic rings. The zero-order valence-corrected chi connectivity index (χ0v) is 10.9. The van der Waals surface area contributed by atoms with Gasteiger partial charge in [0.1, 0.15) is 0 Å². The molecule has 1 aromatic carbocycles. The molecule has 17 heavy (non-hydrogen) atoms. The van der Waals surface area contributed by atoms with Crippen molar-refractivity contribution < 1.29 is 0 Å². The molecule has 0 unspecified atom stereocenters. The predicted octanol–water partition coefficient (Wildman–Crippen LogP) is 3.80. The zero-order chi connectivity index (χ0) is 12.1. The second-order valence-corrected chi connectivity index (χ2v) is 5.03. The van der Waals surface area contributed by atoms with E-state index in [1.807, 2.05) is 0 Å². The Morgan fingerprint density at radius 1 is 1.29 bits per heavy atom. The van der Waals surface area contributed by atoms with E-state index in [9.17, 15) is 0 Å². The van der Waals surface area contributed by atoms with Gasteiger partial charge in [0.25, 0.3) is 0 Å². The van der Waals surface area contributed by atoms with Gasteiger partial charge in [0.05, 0.1) is 0 Å². The molecule has 0 spiro atoms. The van der Waals surface area contributed by atoms with E-state index in [0.29, 0.717) is 0 Å². The van der Waals surface area contributed by atoms with Gasteiger partial charge < -0.3 is 5.32 Å². The number of hydrogen-bond donors (Lipinski definition) is 1. The highest BCUT2D eigenvalue weighted by atomic mass is 14.9. The molecule has 1 saturated carbocycles. The van der Waals surface area contributed by atoms with Crippen molar-refractivity contribution in [2.45, 2.75) is 45.1 Å². The minimum Gasteiger partial charge on any atom is -0.314 e. The molecule has 0 amide bonds. The summed E-state index contributed by atoms with van der Waals surface area (Å²) in [6, 6.07) is 9.54. The van der Waals surface area contributed by atoms with E-state index < -0.39 is 0 Å². The SMILES string of the molecule is C/C=C/CCNC1CC(c2ccccc2C)C1. The van der Waals surface area contributed by atoms with Gasteiger partial charge in [-0.2, -0.15) is 0 Å². The first-order valence-corrected chi connectivity index (χ1v) is 6.71. The normalized spacial score (nSPS) is 23.9. The van der Waals surface area contributed by atoms with Gasteiger partial charge in [0.15, 0.2) is 0 Å². The monoisotopic (exact) mass is 229 g/mol. The first-order valence-electron chi connectivity index (χ1n) is 6.71. The van der Waals surface area contributed by atoms with Gasteiger partial charge in [-0.25, -0.2) is 0 Å². The summed E-state index contributed by atoms with van der Waals surface area (Å²) in [5.74, 6) is 0.787. The third-order valence-electron chi connectivity index (χ3n) is 3.75. The quantitative estimate of drug-likeness (QED) is 0.598. The van der Waals surface area contributed by atoms with Crippen LogP contribution in [0.5, 0.6) is 0 Å². The molecule has 1 heteroatoms. The molecule has 1 fully saturated rings. The van der Waals surface area contributed by atoms with Crippen LogP contribution in [0.25, 0.3) is 0 Å². The van der Waals surface area contributed by atoms with Gasteiger partial charge in [-0.05, 0) is 56.7 Å². The number of benzene rings is 1. The Morgan fingerprint density at radius 2 is 2.06 bits per heavy atom. The molecule has 92 valence electrons. The Hall–Kier alpha value is -1.08. The van der Waals surface area contributed by atoms with E-state index in [-0.39, 0.29) is 0 Å². The van der Waals surface area contributed by atoms with E-state index in [4.69, 9.17) is 0 Å². The van der Waals surface area contributed by atoms with Gasteiger partial charge in [-0.15, -0.1) is 0 Å². The molecule has 0 aromatic heterocycles. The lowest BCUT2D eigenvalue weighted by atomic mass is 9.74. The largest absolute Gasteiger partial charge is 0.314 e. The van der Waals surface area contributed by atoms with Crippen LogP contribution < -0.4 is 5.32 Å². The summed E-state index contributed by atoms with van der Waals surface area (Å²) < 4.78 is 0.